The van der Waals surface area contributed by atoms with Crippen molar-refractivity contribution in [3.63, 3.8) is 0 Å². The van der Waals surface area contributed by atoms with Crippen molar-refractivity contribution in [1.29, 1.82) is 5.26 Å². The second-order valence-electron chi connectivity index (χ2n) is 4.62. The van der Waals surface area contributed by atoms with Crippen molar-refractivity contribution >= 4 is 17.7 Å². The molecule has 22 heavy (non-hydrogen) atoms. The SMILES string of the molecule is COc1ccc(CC(=O)C(CCC#N)(C(=O)O)C(=O)O)cc1. The summed E-state index contributed by atoms with van der Waals surface area (Å²) in [6, 6.07) is 7.94. The Bertz CT molecular complexity index is 600. The summed E-state index contributed by atoms with van der Waals surface area (Å²) < 4.78 is 4.96. The molecule has 7 heteroatoms. The van der Waals surface area contributed by atoms with Crippen LogP contribution in [0.2, 0.25) is 0 Å². The lowest BCUT2D eigenvalue weighted by molar-refractivity contribution is -0.168. The number of methoxy groups -OCH3 is 1. The van der Waals surface area contributed by atoms with Gasteiger partial charge in [0.05, 0.1) is 13.2 Å². The minimum absolute atomic E-state index is 0.340. The van der Waals surface area contributed by atoms with Gasteiger partial charge in [-0.2, -0.15) is 5.26 Å². The maximum absolute atomic E-state index is 12.3. The Morgan fingerprint density at radius 1 is 1.18 bits per heavy atom. The first-order valence-corrected chi connectivity index (χ1v) is 6.38. The first-order chi connectivity index (χ1) is 10.4. The molecular weight excluding hydrogens is 290 g/mol. The number of rotatable bonds is 8. The minimum atomic E-state index is -2.60. The predicted octanol–water partition coefficient (Wildman–Crippen LogP) is 1.27. The van der Waals surface area contributed by atoms with Crippen molar-refractivity contribution in [3.8, 4) is 11.8 Å². The Labute approximate surface area is 126 Å². The standard InChI is InChI=1S/C15H15NO6/c1-22-11-5-3-10(4-6-11)9-12(17)15(13(18)19,14(20)21)7-2-8-16/h3-6H,2,7,9H2,1H3,(H,18,19)(H,20,21). The molecule has 0 bridgehead atoms. The van der Waals surface area contributed by atoms with Crippen molar-refractivity contribution in [2.45, 2.75) is 19.3 Å². The summed E-state index contributed by atoms with van der Waals surface area (Å²) in [5.74, 6) is -3.92. The van der Waals surface area contributed by atoms with Crippen LogP contribution in [0.5, 0.6) is 5.75 Å². The van der Waals surface area contributed by atoms with Crippen LogP contribution in [0.25, 0.3) is 0 Å². The van der Waals surface area contributed by atoms with E-state index in [0.717, 1.165) is 0 Å². The van der Waals surface area contributed by atoms with E-state index in [1.165, 1.54) is 7.11 Å². The highest BCUT2D eigenvalue weighted by Gasteiger charge is 2.52. The van der Waals surface area contributed by atoms with E-state index < -0.39 is 29.6 Å². The molecule has 0 heterocycles. The van der Waals surface area contributed by atoms with Gasteiger partial charge < -0.3 is 14.9 Å². The van der Waals surface area contributed by atoms with Gasteiger partial charge in [-0.15, -0.1) is 0 Å². The fraction of sp³-hybridized carbons (Fsp3) is 0.333. The normalized spacial score (nSPS) is 10.5. The third-order valence-electron chi connectivity index (χ3n) is 3.34. The van der Waals surface area contributed by atoms with E-state index in [0.29, 0.717) is 11.3 Å². The zero-order valence-corrected chi connectivity index (χ0v) is 11.9. The number of ketones is 1. The fourth-order valence-electron chi connectivity index (χ4n) is 2.01. The van der Waals surface area contributed by atoms with E-state index in [4.69, 9.17) is 10.00 Å². The molecule has 0 aliphatic heterocycles. The van der Waals surface area contributed by atoms with Crippen molar-refractivity contribution in [2.24, 2.45) is 5.41 Å². The van der Waals surface area contributed by atoms with Gasteiger partial charge in [-0.25, -0.2) is 0 Å². The molecule has 1 aromatic carbocycles. The molecule has 0 unspecified atom stereocenters. The number of hydrogen-bond acceptors (Lipinski definition) is 5. The van der Waals surface area contributed by atoms with Crippen molar-refractivity contribution in [1.82, 2.24) is 0 Å². The lowest BCUT2D eigenvalue weighted by Crippen LogP contribution is -2.47. The fourth-order valence-corrected chi connectivity index (χ4v) is 2.01. The average Bonchev–Trinajstić information content (AvgIpc) is 2.48. The highest BCUT2D eigenvalue weighted by molar-refractivity contribution is 6.19. The molecule has 2 N–H and O–H groups in total. The molecule has 7 nitrogen and oxygen atoms in total. The van der Waals surface area contributed by atoms with E-state index in [2.05, 4.69) is 0 Å². The number of hydrogen-bond donors (Lipinski definition) is 2. The van der Waals surface area contributed by atoms with Gasteiger partial charge in [0, 0.05) is 12.8 Å². The average molecular weight is 305 g/mol. The molecule has 0 radical (unpaired) electrons. The van der Waals surface area contributed by atoms with E-state index in [9.17, 15) is 24.6 Å². The van der Waals surface area contributed by atoms with Crippen molar-refractivity contribution < 1.29 is 29.3 Å². The van der Waals surface area contributed by atoms with Crippen LogP contribution in [-0.2, 0) is 20.8 Å². The molecular formula is C15H15NO6. The first kappa shape index (κ1) is 17.2. The number of carbonyl (C=O) groups excluding carboxylic acids is 1. The molecule has 116 valence electrons. The Hall–Kier alpha value is -2.88. The first-order valence-electron chi connectivity index (χ1n) is 6.38. The van der Waals surface area contributed by atoms with Crippen LogP contribution in [0.15, 0.2) is 24.3 Å². The van der Waals surface area contributed by atoms with E-state index >= 15 is 0 Å². The van der Waals surface area contributed by atoms with Crippen LogP contribution in [0.3, 0.4) is 0 Å². The predicted molar refractivity (Wildman–Crippen MR) is 74.3 cm³/mol. The Balaban J connectivity index is 3.08. The van der Waals surface area contributed by atoms with Gasteiger partial charge in [0.15, 0.2) is 5.78 Å². The molecule has 0 amide bonds. The number of Topliss-reactive ketones (excluding diaryl/α,β-unsaturated/α-hetero) is 1. The van der Waals surface area contributed by atoms with Gasteiger partial charge in [0.2, 0.25) is 5.41 Å². The summed E-state index contributed by atoms with van der Waals surface area (Å²) in [7, 11) is 1.47. The van der Waals surface area contributed by atoms with E-state index in [1.54, 1.807) is 30.3 Å². The van der Waals surface area contributed by atoms with E-state index in [-0.39, 0.29) is 12.8 Å². The quantitative estimate of drug-likeness (QED) is 0.693. The smallest absolute Gasteiger partial charge is 0.328 e. The highest BCUT2D eigenvalue weighted by atomic mass is 16.5. The second-order valence-corrected chi connectivity index (χ2v) is 4.62. The van der Waals surface area contributed by atoms with Crippen LogP contribution in [-0.4, -0.2) is 35.0 Å². The number of carboxylic acid groups (broad SMARTS) is 2. The molecule has 0 aliphatic rings. The van der Waals surface area contributed by atoms with Gasteiger partial charge in [-0.1, -0.05) is 12.1 Å². The zero-order valence-electron chi connectivity index (χ0n) is 11.9. The van der Waals surface area contributed by atoms with Crippen LogP contribution >= 0.6 is 0 Å². The molecule has 0 saturated heterocycles. The number of nitriles is 1. The Kier molecular flexibility index (Phi) is 5.64. The largest absolute Gasteiger partial charge is 0.497 e. The lowest BCUT2D eigenvalue weighted by atomic mass is 9.77. The molecule has 0 spiro atoms. The number of aliphatic carboxylic acids is 2. The summed E-state index contributed by atoms with van der Waals surface area (Å²) in [4.78, 5) is 35.0. The third-order valence-corrected chi connectivity index (χ3v) is 3.34. The number of carbonyl (C=O) groups is 3. The molecule has 1 aromatic rings. The summed E-state index contributed by atoms with van der Waals surface area (Å²) >= 11 is 0. The van der Waals surface area contributed by atoms with Crippen molar-refractivity contribution in [2.75, 3.05) is 7.11 Å². The third kappa shape index (κ3) is 3.41. The van der Waals surface area contributed by atoms with Crippen LogP contribution in [0.1, 0.15) is 18.4 Å². The number of nitrogens with zero attached hydrogens (tertiary/aromatic N) is 1. The van der Waals surface area contributed by atoms with Crippen LogP contribution in [0.4, 0.5) is 0 Å². The second kappa shape index (κ2) is 7.22. The molecule has 0 aliphatic carbocycles. The van der Waals surface area contributed by atoms with E-state index in [1.807, 2.05) is 0 Å². The van der Waals surface area contributed by atoms with Gasteiger partial charge in [-0.3, -0.25) is 14.4 Å². The number of ether oxygens (including phenoxy) is 1. The minimum Gasteiger partial charge on any atom is -0.497 e. The summed E-state index contributed by atoms with van der Waals surface area (Å²) in [5, 5.41) is 27.0. The molecule has 1 rings (SSSR count). The number of benzene rings is 1. The zero-order chi connectivity index (χ0) is 16.8. The molecule has 0 saturated carbocycles. The Morgan fingerprint density at radius 3 is 2.14 bits per heavy atom. The topological polar surface area (TPSA) is 125 Å². The van der Waals surface area contributed by atoms with Gasteiger partial charge in [0.1, 0.15) is 5.75 Å². The van der Waals surface area contributed by atoms with Gasteiger partial charge in [-0.05, 0) is 24.1 Å². The van der Waals surface area contributed by atoms with Gasteiger partial charge >= 0.3 is 11.9 Å². The highest BCUT2D eigenvalue weighted by Crippen LogP contribution is 2.28. The summed E-state index contributed by atoms with van der Waals surface area (Å²) in [6.45, 7) is 0. The number of carboxylic acids is 2. The maximum Gasteiger partial charge on any atom is 0.328 e. The molecule has 0 atom stereocenters. The molecule has 0 aromatic heterocycles. The monoisotopic (exact) mass is 305 g/mol. The lowest BCUT2D eigenvalue weighted by Gasteiger charge is -2.22. The van der Waals surface area contributed by atoms with Crippen molar-refractivity contribution in [3.05, 3.63) is 29.8 Å². The summed E-state index contributed by atoms with van der Waals surface area (Å²) in [6.07, 6.45) is -1.26. The van der Waals surface area contributed by atoms with Crippen LogP contribution < -0.4 is 4.74 Å². The van der Waals surface area contributed by atoms with Crippen LogP contribution in [0, 0.1) is 16.7 Å². The maximum atomic E-state index is 12.3. The molecule has 0 fully saturated rings. The van der Waals surface area contributed by atoms with Gasteiger partial charge in [0.25, 0.3) is 0 Å². The Morgan fingerprint density at radius 2 is 1.73 bits per heavy atom. The summed E-state index contributed by atoms with van der Waals surface area (Å²) in [5.41, 5.74) is -2.13.